The number of hydrogen-bond acceptors (Lipinski definition) is 5. The third-order valence-corrected chi connectivity index (χ3v) is 6.53. The SMILES string of the molecule is COc1ccc(C)cc1N(CC(=O)N(Cc1ccc(Cl)cc1)C(C)C(=O)NC(C)C)S(C)(=O)=O. The maximum absolute atomic E-state index is 13.5. The number of nitrogens with zero attached hydrogens (tertiary/aromatic N) is 2. The van der Waals surface area contributed by atoms with E-state index >= 15 is 0 Å². The molecular formula is C24H32ClN3O5S. The first-order chi connectivity index (χ1) is 15.8. The van der Waals surface area contributed by atoms with Crippen molar-refractivity contribution in [3.63, 3.8) is 0 Å². The van der Waals surface area contributed by atoms with E-state index in [1.807, 2.05) is 20.8 Å². The summed E-state index contributed by atoms with van der Waals surface area (Å²) >= 11 is 5.98. The van der Waals surface area contributed by atoms with Gasteiger partial charge < -0.3 is 15.0 Å². The van der Waals surface area contributed by atoms with E-state index in [1.165, 1.54) is 12.0 Å². The van der Waals surface area contributed by atoms with Gasteiger partial charge in [0.1, 0.15) is 18.3 Å². The molecular weight excluding hydrogens is 478 g/mol. The smallest absolute Gasteiger partial charge is 0.244 e. The highest BCUT2D eigenvalue weighted by atomic mass is 35.5. The summed E-state index contributed by atoms with van der Waals surface area (Å²) < 4.78 is 31.8. The standard InChI is InChI=1S/C24H32ClN3O5S/c1-16(2)26-24(30)18(4)27(14-19-8-10-20(25)11-9-19)23(29)15-28(34(6,31)32)21-13-17(3)7-12-22(21)33-5/h7-13,16,18H,14-15H2,1-6H3,(H,26,30). The Hall–Kier alpha value is -2.78. The Bertz CT molecular complexity index is 1120. The van der Waals surface area contributed by atoms with Gasteiger partial charge in [-0.2, -0.15) is 0 Å². The number of benzene rings is 2. The largest absolute Gasteiger partial charge is 0.495 e. The molecule has 0 radical (unpaired) electrons. The van der Waals surface area contributed by atoms with E-state index in [1.54, 1.807) is 49.4 Å². The molecule has 2 aromatic carbocycles. The van der Waals surface area contributed by atoms with Gasteiger partial charge in [0.15, 0.2) is 0 Å². The van der Waals surface area contributed by atoms with E-state index in [9.17, 15) is 18.0 Å². The number of sulfonamides is 1. The first-order valence-corrected chi connectivity index (χ1v) is 13.0. The highest BCUT2D eigenvalue weighted by molar-refractivity contribution is 7.92. The van der Waals surface area contributed by atoms with Crippen LogP contribution in [0, 0.1) is 6.92 Å². The van der Waals surface area contributed by atoms with Crippen LogP contribution >= 0.6 is 11.6 Å². The van der Waals surface area contributed by atoms with Crippen LogP contribution in [0.15, 0.2) is 42.5 Å². The van der Waals surface area contributed by atoms with Crippen LogP contribution in [0.2, 0.25) is 5.02 Å². The summed E-state index contributed by atoms with van der Waals surface area (Å²) in [5.74, 6) is -0.551. The fraction of sp³-hybridized carbons (Fsp3) is 0.417. The van der Waals surface area contributed by atoms with Crippen molar-refractivity contribution in [2.45, 2.75) is 46.3 Å². The Balaban J connectivity index is 2.45. The summed E-state index contributed by atoms with van der Waals surface area (Å²) in [6, 6.07) is 11.0. The summed E-state index contributed by atoms with van der Waals surface area (Å²) in [5.41, 5.74) is 1.81. The van der Waals surface area contributed by atoms with Gasteiger partial charge in [-0.05, 0) is 63.1 Å². The third-order valence-electron chi connectivity index (χ3n) is 5.15. The molecule has 1 N–H and O–H groups in total. The predicted molar refractivity (Wildman–Crippen MR) is 135 cm³/mol. The van der Waals surface area contributed by atoms with E-state index in [-0.39, 0.29) is 24.2 Å². The molecule has 0 aliphatic rings. The lowest BCUT2D eigenvalue weighted by Crippen LogP contribution is -2.52. The molecule has 0 spiro atoms. The number of halogens is 1. The average Bonchev–Trinajstić information content (AvgIpc) is 2.75. The second-order valence-corrected chi connectivity index (χ2v) is 10.8. The lowest BCUT2D eigenvalue weighted by atomic mass is 10.1. The summed E-state index contributed by atoms with van der Waals surface area (Å²) in [6.07, 6.45) is 1.03. The van der Waals surface area contributed by atoms with Crippen LogP contribution in [0.25, 0.3) is 0 Å². The van der Waals surface area contributed by atoms with Gasteiger partial charge in [-0.3, -0.25) is 13.9 Å². The zero-order valence-electron chi connectivity index (χ0n) is 20.3. The van der Waals surface area contributed by atoms with Crippen LogP contribution in [0.3, 0.4) is 0 Å². The number of ether oxygens (including phenoxy) is 1. The maximum atomic E-state index is 13.5. The van der Waals surface area contributed by atoms with Crippen molar-refractivity contribution >= 4 is 39.1 Å². The minimum Gasteiger partial charge on any atom is -0.495 e. The number of rotatable bonds is 10. The van der Waals surface area contributed by atoms with E-state index in [4.69, 9.17) is 16.3 Å². The number of anilines is 1. The average molecular weight is 510 g/mol. The molecule has 34 heavy (non-hydrogen) atoms. The van der Waals surface area contributed by atoms with Crippen molar-refractivity contribution in [2.75, 3.05) is 24.2 Å². The normalized spacial score (nSPS) is 12.2. The quantitative estimate of drug-likeness (QED) is 0.529. The van der Waals surface area contributed by atoms with Gasteiger partial charge in [0.2, 0.25) is 21.8 Å². The molecule has 2 rings (SSSR count). The first-order valence-electron chi connectivity index (χ1n) is 10.8. The number of aryl methyl sites for hydroxylation is 1. The fourth-order valence-corrected chi connectivity index (χ4v) is 4.33. The molecule has 2 amide bonds. The van der Waals surface area contributed by atoms with Gasteiger partial charge in [-0.1, -0.05) is 29.8 Å². The molecule has 10 heteroatoms. The molecule has 186 valence electrons. The van der Waals surface area contributed by atoms with Crippen molar-refractivity contribution in [1.82, 2.24) is 10.2 Å². The molecule has 0 bridgehead atoms. The Labute approximate surface area is 206 Å². The summed E-state index contributed by atoms with van der Waals surface area (Å²) in [5, 5.41) is 3.35. The molecule has 0 saturated heterocycles. The zero-order chi connectivity index (χ0) is 25.6. The molecule has 0 aliphatic carbocycles. The van der Waals surface area contributed by atoms with Crippen LogP contribution < -0.4 is 14.4 Å². The Kier molecular flexibility index (Phi) is 9.35. The van der Waals surface area contributed by atoms with E-state index in [0.717, 1.165) is 21.7 Å². The molecule has 0 heterocycles. The van der Waals surface area contributed by atoms with Crippen molar-refractivity contribution in [2.24, 2.45) is 0 Å². The van der Waals surface area contributed by atoms with E-state index in [0.29, 0.717) is 10.8 Å². The summed E-state index contributed by atoms with van der Waals surface area (Å²) in [6.45, 7) is 6.69. The highest BCUT2D eigenvalue weighted by Crippen LogP contribution is 2.31. The predicted octanol–water partition coefficient (Wildman–Crippen LogP) is 3.36. The number of hydrogen-bond donors (Lipinski definition) is 1. The molecule has 0 saturated carbocycles. The van der Waals surface area contributed by atoms with Crippen molar-refractivity contribution in [3.8, 4) is 5.75 Å². The van der Waals surface area contributed by atoms with Crippen LogP contribution in [0.1, 0.15) is 31.9 Å². The fourth-order valence-electron chi connectivity index (χ4n) is 3.36. The van der Waals surface area contributed by atoms with Crippen LogP contribution in [0.4, 0.5) is 5.69 Å². The minimum atomic E-state index is -3.85. The molecule has 1 unspecified atom stereocenters. The number of methoxy groups -OCH3 is 1. The van der Waals surface area contributed by atoms with Gasteiger partial charge in [0.25, 0.3) is 0 Å². The molecule has 2 aromatic rings. The molecule has 0 fully saturated rings. The van der Waals surface area contributed by atoms with Crippen LogP contribution in [0.5, 0.6) is 5.75 Å². The monoisotopic (exact) mass is 509 g/mol. The first kappa shape index (κ1) is 27.5. The Morgan fingerprint density at radius 3 is 2.24 bits per heavy atom. The lowest BCUT2D eigenvalue weighted by Gasteiger charge is -2.32. The minimum absolute atomic E-state index is 0.102. The second kappa shape index (κ2) is 11.6. The number of carbonyl (C=O) groups excluding carboxylic acids is 2. The van der Waals surface area contributed by atoms with Crippen molar-refractivity contribution in [3.05, 3.63) is 58.6 Å². The summed E-state index contributed by atoms with van der Waals surface area (Å²) in [7, 11) is -2.42. The lowest BCUT2D eigenvalue weighted by molar-refractivity contribution is -0.139. The molecule has 0 aromatic heterocycles. The number of nitrogens with one attached hydrogen (secondary N) is 1. The highest BCUT2D eigenvalue weighted by Gasteiger charge is 2.31. The van der Waals surface area contributed by atoms with Crippen LogP contribution in [-0.2, 0) is 26.2 Å². The van der Waals surface area contributed by atoms with Gasteiger partial charge in [0, 0.05) is 17.6 Å². The maximum Gasteiger partial charge on any atom is 0.244 e. The Morgan fingerprint density at radius 1 is 1.09 bits per heavy atom. The van der Waals surface area contributed by atoms with E-state index < -0.39 is 28.5 Å². The van der Waals surface area contributed by atoms with Gasteiger partial charge in [0.05, 0.1) is 19.1 Å². The van der Waals surface area contributed by atoms with Crippen molar-refractivity contribution < 1.29 is 22.7 Å². The molecule has 1 atom stereocenters. The van der Waals surface area contributed by atoms with Gasteiger partial charge >= 0.3 is 0 Å². The van der Waals surface area contributed by atoms with Gasteiger partial charge in [-0.25, -0.2) is 8.42 Å². The van der Waals surface area contributed by atoms with E-state index in [2.05, 4.69) is 5.32 Å². The second-order valence-electron chi connectivity index (χ2n) is 8.43. The topological polar surface area (TPSA) is 96.0 Å². The Morgan fingerprint density at radius 2 is 1.71 bits per heavy atom. The third kappa shape index (κ3) is 7.36. The summed E-state index contributed by atoms with van der Waals surface area (Å²) in [4.78, 5) is 27.7. The van der Waals surface area contributed by atoms with Gasteiger partial charge in [-0.15, -0.1) is 0 Å². The molecule has 0 aliphatic heterocycles. The number of carbonyl (C=O) groups is 2. The molecule has 8 nitrogen and oxygen atoms in total. The van der Waals surface area contributed by atoms with Crippen molar-refractivity contribution in [1.29, 1.82) is 0 Å². The zero-order valence-corrected chi connectivity index (χ0v) is 21.9. The van der Waals surface area contributed by atoms with Crippen LogP contribution in [-0.4, -0.2) is 57.1 Å². The number of amides is 2.